The number of pyridine rings is 1. The normalized spacial score (nSPS) is 13.3. The summed E-state index contributed by atoms with van der Waals surface area (Å²) in [6.45, 7) is 0.661. The Labute approximate surface area is 159 Å². The molecule has 1 aromatic carbocycles. The van der Waals surface area contributed by atoms with Gasteiger partial charge in [0.05, 0.1) is 11.1 Å². The first-order valence-corrected chi connectivity index (χ1v) is 10.1. The van der Waals surface area contributed by atoms with E-state index in [1.807, 2.05) is 37.6 Å². The van der Waals surface area contributed by atoms with Gasteiger partial charge in [0.25, 0.3) is 5.91 Å². The fraction of sp³-hybridized carbons (Fsp3) is 0.381. The van der Waals surface area contributed by atoms with Crippen molar-refractivity contribution in [2.75, 3.05) is 19.8 Å². The molecule has 1 amide bonds. The monoisotopic (exact) mass is 365 g/mol. The largest absolute Gasteiger partial charge is 0.342 e. The summed E-state index contributed by atoms with van der Waals surface area (Å²) in [6, 6.07) is 14.3. The molecule has 1 aromatic heterocycles. The number of benzene rings is 1. The van der Waals surface area contributed by atoms with Gasteiger partial charge in [-0.1, -0.05) is 30.3 Å². The van der Waals surface area contributed by atoms with Crippen molar-refractivity contribution in [1.29, 1.82) is 5.26 Å². The molecule has 0 radical (unpaired) electrons. The van der Waals surface area contributed by atoms with E-state index in [0.717, 1.165) is 31.4 Å². The highest BCUT2D eigenvalue weighted by molar-refractivity contribution is 7.98. The molecule has 26 heavy (non-hydrogen) atoms. The molecule has 4 nitrogen and oxygen atoms in total. The summed E-state index contributed by atoms with van der Waals surface area (Å²) in [5.41, 5.74) is 3.13. The quantitative estimate of drug-likeness (QED) is 0.688. The first-order chi connectivity index (χ1) is 12.6. The molecule has 0 N–H and O–H groups in total. The highest BCUT2D eigenvalue weighted by atomic mass is 32.2. The Hall–Kier alpha value is -2.32. The number of carbonyl (C=O) groups is 1. The molecular weight excluding hydrogens is 342 g/mol. The molecule has 1 heterocycles. The Morgan fingerprint density at radius 1 is 1.35 bits per heavy atom. The topological polar surface area (TPSA) is 57.0 Å². The standard InChI is InChI=1S/C21H23N3OS/c1-24(12-6-9-15-7-4-3-5-8-15)21(25)17-13-19(16-10-11-16)23-20(26-2)18(17)14-22/h3-5,7-8,13,16H,6,9-12H2,1-2H3. The first-order valence-electron chi connectivity index (χ1n) is 8.92. The van der Waals surface area contributed by atoms with Crippen LogP contribution in [0.15, 0.2) is 41.4 Å². The molecule has 0 bridgehead atoms. The van der Waals surface area contributed by atoms with E-state index in [1.54, 1.807) is 4.90 Å². The highest BCUT2D eigenvalue weighted by Gasteiger charge is 2.29. The van der Waals surface area contributed by atoms with Crippen LogP contribution < -0.4 is 0 Å². The van der Waals surface area contributed by atoms with Crippen LogP contribution in [0.1, 0.15) is 52.4 Å². The predicted molar refractivity (Wildman–Crippen MR) is 104 cm³/mol. The lowest BCUT2D eigenvalue weighted by atomic mass is 10.1. The number of thioether (sulfide) groups is 1. The molecule has 3 rings (SSSR count). The first kappa shape index (κ1) is 18.5. The fourth-order valence-corrected chi connectivity index (χ4v) is 3.58. The van der Waals surface area contributed by atoms with Crippen molar-refractivity contribution < 1.29 is 4.79 Å². The van der Waals surface area contributed by atoms with E-state index in [2.05, 4.69) is 23.2 Å². The number of aryl methyl sites for hydroxylation is 1. The molecule has 1 aliphatic carbocycles. The highest BCUT2D eigenvalue weighted by Crippen LogP contribution is 2.40. The van der Waals surface area contributed by atoms with E-state index >= 15 is 0 Å². The maximum atomic E-state index is 13.0. The van der Waals surface area contributed by atoms with Gasteiger partial charge in [-0.25, -0.2) is 4.98 Å². The number of hydrogen-bond donors (Lipinski definition) is 0. The second kappa shape index (κ2) is 8.37. The van der Waals surface area contributed by atoms with Gasteiger partial charge in [-0.3, -0.25) is 4.79 Å². The van der Waals surface area contributed by atoms with E-state index in [0.29, 0.717) is 28.6 Å². The Morgan fingerprint density at radius 2 is 2.08 bits per heavy atom. The number of carbonyl (C=O) groups excluding carboxylic acids is 1. The van der Waals surface area contributed by atoms with Crippen LogP contribution in [0.25, 0.3) is 0 Å². The van der Waals surface area contributed by atoms with E-state index in [1.165, 1.54) is 17.3 Å². The van der Waals surface area contributed by atoms with E-state index in [4.69, 9.17) is 0 Å². The number of amides is 1. The molecule has 2 aromatic rings. The van der Waals surface area contributed by atoms with Crippen molar-refractivity contribution in [3.63, 3.8) is 0 Å². The second-order valence-corrected chi connectivity index (χ2v) is 7.48. The molecule has 134 valence electrons. The van der Waals surface area contributed by atoms with E-state index in [-0.39, 0.29) is 5.91 Å². The summed E-state index contributed by atoms with van der Waals surface area (Å²) >= 11 is 1.43. The smallest absolute Gasteiger partial charge is 0.255 e. The Morgan fingerprint density at radius 3 is 2.69 bits per heavy atom. The SMILES string of the molecule is CSc1nc(C2CC2)cc(C(=O)N(C)CCCc2ccccc2)c1C#N. The molecule has 0 atom stereocenters. The maximum Gasteiger partial charge on any atom is 0.255 e. The predicted octanol–water partition coefficient (Wildman–Crippen LogP) is 4.26. The molecule has 0 saturated heterocycles. The number of nitrogens with zero attached hydrogens (tertiary/aromatic N) is 3. The minimum Gasteiger partial charge on any atom is -0.342 e. The van der Waals surface area contributed by atoms with Crippen molar-refractivity contribution in [2.24, 2.45) is 0 Å². The summed E-state index contributed by atoms with van der Waals surface area (Å²) in [5.74, 6) is 0.359. The number of rotatable bonds is 7. The number of nitriles is 1. The van der Waals surface area contributed by atoms with Crippen LogP contribution in [0.5, 0.6) is 0 Å². The molecular formula is C21H23N3OS. The number of aromatic nitrogens is 1. The Bertz CT molecular complexity index is 825. The lowest BCUT2D eigenvalue weighted by Crippen LogP contribution is -2.29. The van der Waals surface area contributed by atoms with Crippen LogP contribution in [0.2, 0.25) is 0 Å². The van der Waals surface area contributed by atoms with Gasteiger partial charge in [0.2, 0.25) is 0 Å². The van der Waals surface area contributed by atoms with Crippen LogP contribution in [-0.4, -0.2) is 35.6 Å². The van der Waals surface area contributed by atoms with Crippen molar-refractivity contribution in [3.8, 4) is 6.07 Å². The third-order valence-electron chi connectivity index (χ3n) is 4.69. The summed E-state index contributed by atoms with van der Waals surface area (Å²) in [4.78, 5) is 19.3. The Balaban J connectivity index is 1.73. The van der Waals surface area contributed by atoms with Crippen molar-refractivity contribution >= 4 is 17.7 Å². The van der Waals surface area contributed by atoms with Crippen molar-refractivity contribution in [2.45, 2.75) is 36.6 Å². The van der Waals surface area contributed by atoms with Crippen LogP contribution in [-0.2, 0) is 6.42 Å². The minimum atomic E-state index is -0.0887. The third kappa shape index (κ3) is 4.25. The zero-order valence-corrected chi connectivity index (χ0v) is 16.1. The average Bonchev–Trinajstić information content (AvgIpc) is 3.52. The van der Waals surface area contributed by atoms with E-state index < -0.39 is 0 Å². The van der Waals surface area contributed by atoms with Gasteiger partial charge in [-0.15, -0.1) is 11.8 Å². The van der Waals surface area contributed by atoms with E-state index in [9.17, 15) is 10.1 Å². The molecule has 0 aliphatic heterocycles. The van der Waals surface area contributed by atoms with Gasteiger partial charge in [0.1, 0.15) is 11.1 Å². The van der Waals surface area contributed by atoms with Gasteiger partial charge in [-0.05, 0) is 43.6 Å². The molecule has 1 fully saturated rings. The molecule has 0 unspecified atom stereocenters. The average molecular weight is 366 g/mol. The third-order valence-corrected chi connectivity index (χ3v) is 5.37. The lowest BCUT2D eigenvalue weighted by molar-refractivity contribution is 0.0792. The molecule has 1 aliphatic rings. The number of hydrogen-bond acceptors (Lipinski definition) is 4. The molecule has 5 heteroatoms. The van der Waals surface area contributed by atoms with Gasteiger partial charge >= 0.3 is 0 Å². The summed E-state index contributed by atoms with van der Waals surface area (Å²) in [5, 5.41) is 10.2. The zero-order valence-electron chi connectivity index (χ0n) is 15.2. The zero-order chi connectivity index (χ0) is 18.5. The second-order valence-electron chi connectivity index (χ2n) is 6.68. The summed E-state index contributed by atoms with van der Waals surface area (Å²) < 4.78 is 0. The van der Waals surface area contributed by atoms with Crippen LogP contribution in [0, 0.1) is 11.3 Å². The van der Waals surface area contributed by atoms with Gasteiger partial charge < -0.3 is 4.90 Å². The van der Waals surface area contributed by atoms with Gasteiger partial charge in [0, 0.05) is 25.2 Å². The maximum absolute atomic E-state index is 13.0. The van der Waals surface area contributed by atoms with Crippen LogP contribution in [0.3, 0.4) is 0 Å². The summed E-state index contributed by atoms with van der Waals surface area (Å²) in [6.07, 6.45) is 5.96. The van der Waals surface area contributed by atoms with Gasteiger partial charge in [0.15, 0.2) is 0 Å². The van der Waals surface area contributed by atoms with Gasteiger partial charge in [-0.2, -0.15) is 5.26 Å². The summed E-state index contributed by atoms with van der Waals surface area (Å²) in [7, 11) is 1.81. The van der Waals surface area contributed by atoms with Crippen molar-refractivity contribution in [1.82, 2.24) is 9.88 Å². The Kier molecular flexibility index (Phi) is 5.95. The minimum absolute atomic E-state index is 0.0887. The fourth-order valence-electron chi connectivity index (χ4n) is 3.03. The lowest BCUT2D eigenvalue weighted by Gasteiger charge is -2.19. The molecule has 1 saturated carbocycles. The van der Waals surface area contributed by atoms with Crippen LogP contribution >= 0.6 is 11.8 Å². The van der Waals surface area contributed by atoms with Crippen molar-refractivity contribution in [3.05, 3.63) is 58.8 Å². The molecule has 0 spiro atoms. The van der Waals surface area contributed by atoms with Crippen LogP contribution in [0.4, 0.5) is 0 Å².